The number of aromatic nitrogens is 2. The summed E-state index contributed by atoms with van der Waals surface area (Å²) in [5, 5.41) is 30.8. The lowest BCUT2D eigenvalue weighted by Crippen LogP contribution is -2.51. The number of nitrogen functional groups attached to an aromatic ring is 1. The molecular weight excluding hydrogens is 368 g/mol. The molecule has 13 nitrogen and oxygen atoms in total. The molecule has 0 aromatic carbocycles. The molecule has 2 unspecified atom stereocenters. The van der Waals surface area contributed by atoms with Gasteiger partial charge in [-0.1, -0.05) is 0 Å². The molecule has 0 saturated carbocycles. The van der Waals surface area contributed by atoms with Gasteiger partial charge in [0, 0.05) is 6.08 Å². The van der Waals surface area contributed by atoms with Crippen LogP contribution in [0.25, 0.3) is 0 Å². The standard InChI is InChI=1S/C15H22N10O3/c16-12-11(28)5-8(21-9-6-19-24(1-3-26)13(9)17)15(23-12)22-10-7-20-25(2-4-27)14(10)18/h5-7,9,13,21,26-27H,1-4,17-18H2,(H2,16,22,23). The molecule has 2 aliphatic rings. The summed E-state index contributed by atoms with van der Waals surface area (Å²) in [5.41, 5.74) is 18.3. The van der Waals surface area contributed by atoms with Gasteiger partial charge in [0.1, 0.15) is 17.7 Å². The van der Waals surface area contributed by atoms with E-state index in [0.29, 0.717) is 11.4 Å². The summed E-state index contributed by atoms with van der Waals surface area (Å²) in [6.07, 6.45) is 3.71. The van der Waals surface area contributed by atoms with Crippen LogP contribution in [-0.4, -0.2) is 80.6 Å². The summed E-state index contributed by atoms with van der Waals surface area (Å²) in [6.45, 7) is 0.275. The summed E-state index contributed by atoms with van der Waals surface area (Å²) in [4.78, 5) is 20.4. The predicted octanol–water partition coefficient (Wildman–Crippen LogP) is -3.15. The minimum Gasteiger partial charge on any atom is -0.394 e. The quantitative estimate of drug-likeness (QED) is 0.277. The molecule has 0 aliphatic carbocycles. The van der Waals surface area contributed by atoms with Gasteiger partial charge in [0.2, 0.25) is 5.78 Å². The topological polar surface area (TPSA) is 206 Å². The summed E-state index contributed by atoms with van der Waals surface area (Å²) in [6, 6.07) is -0.445. The van der Waals surface area contributed by atoms with Crippen LogP contribution in [0.1, 0.15) is 0 Å². The highest BCUT2D eigenvalue weighted by Crippen LogP contribution is 2.23. The normalized spacial score (nSPS) is 23.3. The second-order valence-corrected chi connectivity index (χ2v) is 6.03. The third-order valence-corrected chi connectivity index (χ3v) is 4.13. The van der Waals surface area contributed by atoms with Crippen LogP contribution in [0.5, 0.6) is 0 Å². The van der Waals surface area contributed by atoms with Crippen LogP contribution in [0.4, 0.5) is 11.5 Å². The first-order valence-electron chi connectivity index (χ1n) is 8.49. The maximum Gasteiger partial charge on any atom is 0.222 e. The van der Waals surface area contributed by atoms with E-state index < -0.39 is 18.0 Å². The minimum atomic E-state index is -0.551. The number of aliphatic imine (C=N–C) groups is 2. The van der Waals surface area contributed by atoms with Crippen molar-refractivity contribution in [3.63, 3.8) is 0 Å². The van der Waals surface area contributed by atoms with Crippen molar-refractivity contribution in [2.24, 2.45) is 26.6 Å². The number of nitrogens with one attached hydrogen (secondary N) is 1. The van der Waals surface area contributed by atoms with Gasteiger partial charge in [0.05, 0.1) is 50.5 Å². The Morgan fingerprint density at radius 1 is 1.25 bits per heavy atom. The molecule has 1 aromatic rings. The van der Waals surface area contributed by atoms with Gasteiger partial charge in [-0.15, -0.1) is 0 Å². The number of rotatable bonds is 7. The molecule has 0 amide bonds. The third kappa shape index (κ3) is 3.85. The maximum absolute atomic E-state index is 12.0. The van der Waals surface area contributed by atoms with Crippen LogP contribution in [0.15, 0.2) is 33.1 Å². The van der Waals surface area contributed by atoms with Gasteiger partial charge < -0.3 is 32.7 Å². The second kappa shape index (κ2) is 8.16. The molecule has 0 radical (unpaired) electrons. The zero-order valence-corrected chi connectivity index (χ0v) is 14.9. The maximum atomic E-state index is 12.0. The van der Waals surface area contributed by atoms with E-state index in [4.69, 9.17) is 27.4 Å². The average Bonchev–Trinajstić information content (AvgIpc) is 3.18. The lowest BCUT2D eigenvalue weighted by Gasteiger charge is -2.25. The van der Waals surface area contributed by atoms with Gasteiger partial charge in [0.25, 0.3) is 0 Å². The molecule has 3 rings (SSSR count). The van der Waals surface area contributed by atoms with Crippen LogP contribution in [0.3, 0.4) is 0 Å². The predicted molar refractivity (Wildman–Crippen MR) is 103 cm³/mol. The summed E-state index contributed by atoms with van der Waals surface area (Å²) < 4.78 is 1.39. The SMILES string of the molecule is NC1=N/C(=N\c2cnn(CCO)c2N)C(NC2C=NN(CCO)C2N)=CC1=O. The smallest absolute Gasteiger partial charge is 0.222 e. The Morgan fingerprint density at radius 3 is 2.71 bits per heavy atom. The highest BCUT2D eigenvalue weighted by atomic mass is 16.3. The molecule has 0 bridgehead atoms. The number of amidine groups is 2. The lowest BCUT2D eigenvalue weighted by atomic mass is 10.1. The van der Waals surface area contributed by atoms with E-state index in [9.17, 15) is 4.79 Å². The number of hydrogen-bond acceptors (Lipinski definition) is 11. The van der Waals surface area contributed by atoms with Crippen molar-refractivity contribution in [1.29, 1.82) is 0 Å². The van der Waals surface area contributed by atoms with Crippen molar-refractivity contribution in [2.75, 3.05) is 25.5 Å². The number of aliphatic hydroxyl groups excluding tert-OH is 2. The van der Waals surface area contributed by atoms with Crippen LogP contribution in [0, 0.1) is 0 Å². The fourth-order valence-electron chi connectivity index (χ4n) is 2.67. The number of carbonyl (C=O) groups excluding carboxylic acids is 1. The minimum absolute atomic E-state index is 0.0937. The average molecular weight is 390 g/mol. The Hall–Kier alpha value is -3.29. The van der Waals surface area contributed by atoms with Crippen molar-refractivity contribution in [2.45, 2.75) is 18.8 Å². The Morgan fingerprint density at radius 2 is 2.00 bits per heavy atom. The first-order valence-corrected chi connectivity index (χ1v) is 8.49. The fraction of sp³-hybridized carbons (Fsp3) is 0.400. The number of carbonyl (C=O) groups is 1. The molecule has 28 heavy (non-hydrogen) atoms. The van der Waals surface area contributed by atoms with Crippen LogP contribution in [0.2, 0.25) is 0 Å². The highest BCUT2D eigenvalue weighted by molar-refractivity contribution is 6.47. The third-order valence-electron chi connectivity index (χ3n) is 4.13. The van der Waals surface area contributed by atoms with E-state index in [1.54, 1.807) is 6.21 Å². The number of aliphatic hydroxyl groups is 2. The van der Waals surface area contributed by atoms with E-state index in [0.717, 1.165) is 0 Å². The van der Waals surface area contributed by atoms with Crippen LogP contribution >= 0.6 is 0 Å². The number of ketones is 1. The van der Waals surface area contributed by atoms with E-state index in [-0.39, 0.29) is 43.8 Å². The Labute approximate surface area is 159 Å². The molecule has 0 saturated heterocycles. The van der Waals surface area contributed by atoms with Crippen molar-refractivity contribution < 1.29 is 15.0 Å². The number of nitrogens with two attached hydrogens (primary N) is 3. The molecule has 13 heteroatoms. The number of anilines is 1. The number of hydrogen-bond donors (Lipinski definition) is 6. The van der Waals surface area contributed by atoms with E-state index in [1.807, 2.05) is 0 Å². The van der Waals surface area contributed by atoms with Gasteiger partial charge in [-0.05, 0) is 0 Å². The molecule has 9 N–H and O–H groups in total. The van der Waals surface area contributed by atoms with Gasteiger partial charge in [-0.3, -0.25) is 9.80 Å². The first kappa shape index (κ1) is 19.5. The summed E-state index contributed by atoms with van der Waals surface area (Å²) >= 11 is 0. The molecule has 0 fully saturated rings. The van der Waals surface area contributed by atoms with E-state index in [1.165, 1.54) is 22.0 Å². The van der Waals surface area contributed by atoms with Crippen LogP contribution in [-0.2, 0) is 11.3 Å². The van der Waals surface area contributed by atoms with E-state index >= 15 is 0 Å². The molecule has 150 valence electrons. The Kier molecular flexibility index (Phi) is 5.67. The fourth-order valence-corrected chi connectivity index (χ4v) is 2.67. The zero-order valence-electron chi connectivity index (χ0n) is 14.9. The van der Waals surface area contributed by atoms with Gasteiger partial charge >= 0.3 is 0 Å². The number of dihydropyridines is 1. The molecule has 3 heterocycles. The van der Waals surface area contributed by atoms with Crippen molar-refractivity contribution in [3.05, 3.63) is 18.0 Å². The molecule has 0 spiro atoms. The van der Waals surface area contributed by atoms with Crippen molar-refractivity contribution in [1.82, 2.24) is 20.1 Å². The Balaban J connectivity index is 1.86. The number of hydrazone groups is 1. The lowest BCUT2D eigenvalue weighted by molar-refractivity contribution is -0.109. The molecule has 1 aromatic heterocycles. The van der Waals surface area contributed by atoms with E-state index in [2.05, 4.69) is 25.5 Å². The molecular formula is C15H22N10O3. The van der Waals surface area contributed by atoms with Crippen molar-refractivity contribution in [3.8, 4) is 0 Å². The summed E-state index contributed by atoms with van der Waals surface area (Å²) in [7, 11) is 0. The van der Waals surface area contributed by atoms with Gasteiger partial charge in [-0.25, -0.2) is 14.7 Å². The first-order chi connectivity index (χ1) is 13.4. The Bertz CT molecular complexity index is 871. The van der Waals surface area contributed by atoms with Crippen molar-refractivity contribution >= 4 is 35.2 Å². The van der Waals surface area contributed by atoms with Gasteiger partial charge in [-0.2, -0.15) is 10.2 Å². The molecule has 2 aliphatic heterocycles. The highest BCUT2D eigenvalue weighted by Gasteiger charge is 2.30. The second-order valence-electron chi connectivity index (χ2n) is 6.03. The largest absolute Gasteiger partial charge is 0.394 e. The van der Waals surface area contributed by atoms with Crippen LogP contribution < -0.4 is 22.5 Å². The monoisotopic (exact) mass is 390 g/mol. The number of β-amino-alcohol motifs (C(OH)–C–C–N with tert-alkyl or cyclic N) is 1. The van der Waals surface area contributed by atoms with Gasteiger partial charge in [0.15, 0.2) is 11.7 Å². The summed E-state index contributed by atoms with van der Waals surface area (Å²) in [5.74, 6) is -0.314. The number of nitrogens with zero attached hydrogens (tertiary/aromatic N) is 6. The molecule has 2 atom stereocenters. The zero-order chi connectivity index (χ0) is 20.3.